The maximum Gasteiger partial charge on any atom is 0.210 e. The number of hydrogen-bond donors (Lipinski definition) is 3. The Hall–Kier alpha value is -4.89. The second-order valence-corrected chi connectivity index (χ2v) is 9.26. The summed E-state index contributed by atoms with van der Waals surface area (Å²) in [5.41, 5.74) is -1.77. The number of azo groups is 1. The molecule has 206 valence electrons. The number of rotatable bonds is 12. The van der Waals surface area contributed by atoms with Crippen molar-refractivity contribution in [1.82, 2.24) is 0 Å². The molecule has 0 aliphatic heterocycles. The molecule has 0 fully saturated rings. The van der Waals surface area contributed by atoms with Gasteiger partial charge in [0, 0.05) is 12.1 Å². The van der Waals surface area contributed by atoms with E-state index in [-0.39, 0.29) is 40.3 Å². The van der Waals surface area contributed by atoms with Crippen molar-refractivity contribution >= 4 is 34.4 Å². The van der Waals surface area contributed by atoms with E-state index in [1.807, 2.05) is 0 Å². The number of Topliss-reactive ketones (excluding diaryl/α,β-unsaturated/α-hetero) is 2. The number of benzene rings is 3. The number of likely N-dealkylation sites (N-methyl/N-ethyl adjacent to an activating group) is 1. The predicted octanol–water partition coefficient (Wildman–Crippen LogP) is 5.94. The highest BCUT2D eigenvalue weighted by Gasteiger charge is 2.44. The van der Waals surface area contributed by atoms with Gasteiger partial charge in [-0.25, -0.2) is 0 Å². The van der Waals surface area contributed by atoms with Crippen molar-refractivity contribution in [3.05, 3.63) is 102 Å². The van der Waals surface area contributed by atoms with Gasteiger partial charge in [0.2, 0.25) is 11.5 Å². The minimum Gasteiger partial charge on any atom is -0.505 e. The molecule has 1 unspecified atom stereocenters. The van der Waals surface area contributed by atoms with Crippen LogP contribution in [0.4, 0.5) is 17.1 Å². The summed E-state index contributed by atoms with van der Waals surface area (Å²) < 4.78 is 0. The number of phenolic OH excluding ortho intramolecular Hbond substituents is 2. The van der Waals surface area contributed by atoms with Crippen LogP contribution in [0.1, 0.15) is 43.1 Å². The number of nitrogens with zero attached hydrogens (tertiary/aromatic N) is 3. The molecule has 0 spiro atoms. The van der Waals surface area contributed by atoms with Crippen LogP contribution in [0.5, 0.6) is 11.5 Å². The molecular formula is C31H31N3O6. The van der Waals surface area contributed by atoms with E-state index in [2.05, 4.69) is 23.4 Å². The van der Waals surface area contributed by atoms with Crippen LogP contribution in [0.15, 0.2) is 101 Å². The Balaban J connectivity index is 2.10. The minimum atomic E-state index is -2.30. The second kappa shape index (κ2) is 12.3. The van der Waals surface area contributed by atoms with Gasteiger partial charge in [0.1, 0.15) is 11.4 Å². The summed E-state index contributed by atoms with van der Waals surface area (Å²) in [5.74, 6) is -2.72. The zero-order valence-electron chi connectivity index (χ0n) is 22.6. The lowest BCUT2D eigenvalue weighted by molar-refractivity contribution is -0.138. The molecule has 1 atom stereocenters. The molecule has 3 aromatic carbocycles. The number of carbonyl (C=O) groups is 3. The Morgan fingerprint density at radius 2 is 1.50 bits per heavy atom. The van der Waals surface area contributed by atoms with E-state index in [0.717, 1.165) is 0 Å². The summed E-state index contributed by atoms with van der Waals surface area (Å²) in [6, 6.07) is 17.2. The van der Waals surface area contributed by atoms with E-state index < -0.39 is 41.0 Å². The summed E-state index contributed by atoms with van der Waals surface area (Å²) >= 11 is 0. The van der Waals surface area contributed by atoms with Crippen molar-refractivity contribution in [2.75, 3.05) is 11.4 Å². The molecule has 0 bridgehead atoms. The van der Waals surface area contributed by atoms with Gasteiger partial charge in [0.15, 0.2) is 23.0 Å². The molecule has 0 saturated carbocycles. The fourth-order valence-corrected chi connectivity index (χ4v) is 4.12. The Bertz CT molecular complexity index is 1510. The molecule has 9 heteroatoms. The van der Waals surface area contributed by atoms with Gasteiger partial charge in [0.05, 0.1) is 17.7 Å². The molecule has 0 heterocycles. The molecule has 0 radical (unpaired) electrons. The largest absolute Gasteiger partial charge is 0.505 e. The smallest absolute Gasteiger partial charge is 0.210 e. The van der Waals surface area contributed by atoms with Crippen LogP contribution < -0.4 is 4.90 Å². The van der Waals surface area contributed by atoms with Crippen molar-refractivity contribution in [2.45, 2.75) is 32.9 Å². The molecular weight excluding hydrogens is 510 g/mol. The molecule has 3 aromatic rings. The Morgan fingerprint density at radius 3 is 2.10 bits per heavy atom. The van der Waals surface area contributed by atoms with E-state index >= 15 is 0 Å². The van der Waals surface area contributed by atoms with Crippen molar-refractivity contribution in [3.8, 4) is 11.5 Å². The lowest BCUT2D eigenvalue weighted by Crippen LogP contribution is -2.56. The first-order chi connectivity index (χ1) is 18.9. The summed E-state index contributed by atoms with van der Waals surface area (Å²) in [4.78, 5) is 40.0. The fraction of sp³-hybridized carbons (Fsp3) is 0.194. The summed E-state index contributed by atoms with van der Waals surface area (Å²) in [5, 5.41) is 41.1. The maximum absolute atomic E-state index is 13.2. The van der Waals surface area contributed by atoms with Crippen molar-refractivity contribution in [2.24, 2.45) is 10.2 Å². The fourth-order valence-electron chi connectivity index (χ4n) is 4.12. The van der Waals surface area contributed by atoms with Crippen LogP contribution >= 0.6 is 0 Å². The molecule has 0 saturated heterocycles. The normalized spacial score (nSPS) is 12.5. The van der Waals surface area contributed by atoms with Crippen LogP contribution in [-0.4, -0.2) is 44.9 Å². The van der Waals surface area contributed by atoms with Crippen LogP contribution in [-0.2, 0) is 9.59 Å². The third kappa shape index (κ3) is 6.05. The molecule has 0 aliphatic rings. The topological polar surface area (TPSA) is 140 Å². The van der Waals surface area contributed by atoms with Crippen LogP contribution in [0, 0.1) is 0 Å². The van der Waals surface area contributed by atoms with E-state index in [0.29, 0.717) is 5.56 Å². The lowest BCUT2D eigenvalue weighted by atomic mass is 9.92. The predicted molar refractivity (Wildman–Crippen MR) is 152 cm³/mol. The van der Waals surface area contributed by atoms with E-state index in [9.17, 15) is 29.7 Å². The second-order valence-electron chi connectivity index (χ2n) is 9.26. The third-order valence-corrected chi connectivity index (χ3v) is 6.24. The first-order valence-corrected chi connectivity index (χ1v) is 12.5. The van der Waals surface area contributed by atoms with Crippen LogP contribution in [0.25, 0.3) is 0 Å². The van der Waals surface area contributed by atoms with E-state index in [4.69, 9.17) is 0 Å². The molecule has 0 aliphatic carbocycles. The monoisotopic (exact) mass is 541 g/mol. The highest BCUT2D eigenvalue weighted by atomic mass is 16.3. The Kier molecular flexibility index (Phi) is 9.13. The quantitative estimate of drug-likeness (QED) is 0.112. The van der Waals surface area contributed by atoms with Crippen LogP contribution in [0.2, 0.25) is 0 Å². The Morgan fingerprint density at radius 1 is 0.875 bits per heavy atom. The molecule has 0 amide bonds. The standard InChI is InChI=1S/C31H31N3O6/c1-6-34(31(40,30(39)20(4)5)18-26(36)19(2)3)24-15-11-10-14-23(24)32-33-27-25(35)17-16-22(29(27)38)28(37)21-12-8-7-9-13-21/h7-17,35,38,40H,2,4,6,18H2,1,3,5H3. The van der Waals surface area contributed by atoms with Crippen molar-refractivity contribution in [1.29, 1.82) is 0 Å². The van der Waals surface area contributed by atoms with E-state index in [1.165, 1.54) is 30.9 Å². The lowest BCUT2D eigenvalue weighted by Gasteiger charge is -2.39. The first kappa shape index (κ1) is 29.7. The number of hydrogen-bond acceptors (Lipinski definition) is 9. The number of carbonyl (C=O) groups excluding carboxylic acids is 3. The Labute approximate surface area is 232 Å². The van der Waals surface area contributed by atoms with E-state index in [1.54, 1.807) is 61.5 Å². The average molecular weight is 542 g/mol. The number of aliphatic hydroxyl groups is 1. The van der Waals surface area contributed by atoms with Gasteiger partial charge in [-0.05, 0) is 56.2 Å². The molecule has 3 N–H and O–H groups in total. The van der Waals surface area contributed by atoms with Gasteiger partial charge in [-0.2, -0.15) is 0 Å². The number of para-hydroxylation sites is 1. The van der Waals surface area contributed by atoms with Gasteiger partial charge in [-0.1, -0.05) is 55.6 Å². The molecule has 9 nitrogen and oxygen atoms in total. The average Bonchev–Trinajstić information content (AvgIpc) is 2.93. The molecule has 0 aromatic heterocycles. The van der Waals surface area contributed by atoms with Gasteiger partial charge < -0.3 is 20.2 Å². The van der Waals surface area contributed by atoms with Gasteiger partial charge in [0.25, 0.3) is 0 Å². The third-order valence-electron chi connectivity index (χ3n) is 6.24. The number of ketones is 3. The molecule has 3 rings (SSSR count). The zero-order chi connectivity index (χ0) is 29.6. The van der Waals surface area contributed by atoms with Crippen LogP contribution in [0.3, 0.4) is 0 Å². The SMILES string of the molecule is C=C(C)C(=O)CC(O)(C(=O)C(=C)C)N(CC)c1ccccc1N=Nc1c(O)ccc(C(=O)c2ccccc2)c1O. The number of phenols is 2. The summed E-state index contributed by atoms with van der Waals surface area (Å²) in [7, 11) is 0. The highest BCUT2D eigenvalue weighted by molar-refractivity contribution is 6.11. The zero-order valence-corrected chi connectivity index (χ0v) is 22.6. The number of allylic oxidation sites excluding steroid dienone is 1. The number of aromatic hydroxyl groups is 2. The maximum atomic E-state index is 13.2. The summed E-state index contributed by atoms with van der Waals surface area (Å²) in [6.07, 6.45) is -0.571. The first-order valence-electron chi connectivity index (χ1n) is 12.5. The van der Waals surface area contributed by atoms with Crippen molar-refractivity contribution < 1.29 is 29.7 Å². The number of anilines is 1. The highest BCUT2D eigenvalue weighted by Crippen LogP contribution is 2.42. The minimum absolute atomic E-state index is 0.0457. The van der Waals surface area contributed by atoms with Gasteiger partial charge in [-0.3, -0.25) is 14.4 Å². The molecule has 40 heavy (non-hydrogen) atoms. The van der Waals surface area contributed by atoms with Crippen molar-refractivity contribution in [3.63, 3.8) is 0 Å². The van der Waals surface area contributed by atoms with Gasteiger partial charge >= 0.3 is 0 Å². The van der Waals surface area contributed by atoms with Gasteiger partial charge in [-0.15, -0.1) is 10.2 Å². The summed E-state index contributed by atoms with van der Waals surface area (Å²) in [6.45, 7) is 12.0.